The normalized spacial score (nSPS) is 20.9. The van der Waals surface area contributed by atoms with Crippen LogP contribution in [0.4, 0.5) is 4.79 Å². The fourth-order valence-electron chi connectivity index (χ4n) is 1.70. The highest BCUT2D eigenvalue weighted by Crippen LogP contribution is 2.06. The molecular formula is C13H15N3O4. The van der Waals surface area contributed by atoms with Crippen molar-refractivity contribution in [3.05, 3.63) is 35.9 Å². The summed E-state index contributed by atoms with van der Waals surface area (Å²) in [5.41, 5.74) is 0.873. The van der Waals surface area contributed by atoms with E-state index in [4.69, 9.17) is 4.74 Å². The molecule has 0 bridgehead atoms. The Labute approximate surface area is 115 Å². The standard InChI is InChI=1S/C13H15N3O4/c1-19-14-7-10-11(12(17)15-10)16-13(18)20-8-9-5-3-2-4-6-9/h2-7,10-11H,8H2,1H3,(H,15,17)(H,16,18)/t10-,11+/m1/s1. The smallest absolute Gasteiger partial charge is 0.408 e. The first-order valence-corrected chi connectivity index (χ1v) is 6.05. The van der Waals surface area contributed by atoms with Gasteiger partial charge in [0.2, 0.25) is 5.91 Å². The topological polar surface area (TPSA) is 89.0 Å². The second kappa shape index (κ2) is 6.55. The number of β-lactam (4-membered cyclic amide) rings is 1. The highest BCUT2D eigenvalue weighted by atomic mass is 16.6. The van der Waals surface area contributed by atoms with E-state index in [1.807, 2.05) is 30.3 Å². The molecule has 7 nitrogen and oxygen atoms in total. The molecule has 1 fully saturated rings. The van der Waals surface area contributed by atoms with E-state index in [1.54, 1.807) is 0 Å². The van der Waals surface area contributed by atoms with Gasteiger partial charge in [-0.1, -0.05) is 35.5 Å². The number of alkyl carbamates (subject to hydrolysis) is 1. The van der Waals surface area contributed by atoms with Gasteiger partial charge in [-0.05, 0) is 5.56 Å². The van der Waals surface area contributed by atoms with Crippen molar-refractivity contribution >= 4 is 18.2 Å². The van der Waals surface area contributed by atoms with E-state index in [9.17, 15) is 9.59 Å². The molecule has 0 aromatic heterocycles. The minimum absolute atomic E-state index is 0.151. The minimum atomic E-state index is -0.683. The van der Waals surface area contributed by atoms with Crippen molar-refractivity contribution in [1.29, 1.82) is 0 Å². The number of nitrogens with one attached hydrogen (secondary N) is 2. The van der Waals surface area contributed by atoms with Crippen molar-refractivity contribution in [3.8, 4) is 0 Å². The summed E-state index contributed by atoms with van der Waals surface area (Å²) in [4.78, 5) is 27.4. The number of carbonyl (C=O) groups is 2. The fraction of sp³-hybridized carbons (Fsp3) is 0.308. The third kappa shape index (κ3) is 3.47. The molecule has 2 N–H and O–H groups in total. The minimum Gasteiger partial charge on any atom is -0.445 e. The van der Waals surface area contributed by atoms with Crippen LogP contribution in [0.15, 0.2) is 35.5 Å². The van der Waals surface area contributed by atoms with Crippen LogP contribution in [0, 0.1) is 0 Å². The summed E-state index contributed by atoms with van der Waals surface area (Å²) in [6, 6.07) is 8.21. The second-order valence-corrected chi connectivity index (χ2v) is 4.16. The average molecular weight is 277 g/mol. The van der Waals surface area contributed by atoms with Crippen LogP contribution < -0.4 is 10.6 Å². The lowest BCUT2D eigenvalue weighted by atomic mass is 10.0. The lowest BCUT2D eigenvalue weighted by Crippen LogP contribution is -2.69. The van der Waals surface area contributed by atoms with Crippen molar-refractivity contribution in [1.82, 2.24) is 10.6 Å². The van der Waals surface area contributed by atoms with Crippen LogP contribution in [0.25, 0.3) is 0 Å². The second-order valence-electron chi connectivity index (χ2n) is 4.16. The first-order chi connectivity index (χ1) is 9.70. The summed E-state index contributed by atoms with van der Waals surface area (Å²) >= 11 is 0. The Morgan fingerprint density at radius 2 is 2.20 bits per heavy atom. The highest BCUT2D eigenvalue weighted by Gasteiger charge is 2.39. The van der Waals surface area contributed by atoms with E-state index in [1.165, 1.54) is 13.3 Å². The zero-order chi connectivity index (χ0) is 14.4. The van der Waals surface area contributed by atoms with Crippen LogP contribution in [0.3, 0.4) is 0 Å². The first-order valence-electron chi connectivity index (χ1n) is 6.05. The zero-order valence-electron chi connectivity index (χ0n) is 10.9. The molecule has 20 heavy (non-hydrogen) atoms. The average Bonchev–Trinajstić information content (AvgIpc) is 2.48. The zero-order valence-corrected chi connectivity index (χ0v) is 10.9. The van der Waals surface area contributed by atoms with Gasteiger partial charge in [-0.3, -0.25) is 4.79 Å². The SMILES string of the molecule is CON=C[C@H]1NC(=O)[C@H]1NC(=O)OCc1ccccc1. The van der Waals surface area contributed by atoms with Crippen LogP contribution in [-0.2, 0) is 21.0 Å². The number of oxime groups is 1. The Morgan fingerprint density at radius 3 is 2.85 bits per heavy atom. The van der Waals surface area contributed by atoms with Crippen LogP contribution in [0.5, 0.6) is 0 Å². The van der Waals surface area contributed by atoms with Gasteiger partial charge in [0.25, 0.3) is 0 Å². The lowest BCUT2D eigenvalue weighted by molar-refractivity contribution is -0.129. The monoisotopic (exact) mass is 277 g/mol. The predicted octanol–water partition coefficient (Wildman–Crippen LogP) is 0.412. The van der Waals surface area contributed by atoms with Gasteiger partial charge in [0.15, 0.2) is 0 Å². The first kappa shape index (κ1) is 13.9. The molecule has 2 atom stereocenters. The third-order valence-electron chi connectivity index (χ3n) is 2.76. The van der Waals surface area contributed by atoms with Crippen LogP contribution >= 0.6 is 0 Å². The molecule has 0 aliphatic carbocycles. The lowest BCUT2D eigenvalue weighted by Gasteiger charge is -2.33. The number of hydrogen-bond acceptors (Lipinski definition) is 5. The van der Waals surface area contributed by atoms with Crippen molar-refractivity contribution < 1.29 is 19.2 Å². The van der Waals surface area contributed by atoms with Crippen LogP contribution in [-0.4, -0.2) is 37.4 Å². The van der Waals surface area contributed by atoms with Crippen LogP contribution in [0.1, 0.15) is 5.56 Å². The van der Waals surface area contributed by atoms with E-state index < -0.39 is 12.1 Å². The molecule has 106 valence electrons. The maximum atomic E-state index is 11.6. The number of rotatable bonds is 5. The summed E-state index contributed by atoms with van der Waals surface area (Å²) in [6.45, 7) is 0.151. The van der Waals surface area contributed by atoms with E-state index in [2.05, 4.69) is 20.6 Å². The molecule has 1 aromatic rings. The van der Waals surface area contributed by atoms with Gasteiger partial charge < -0.3 is 20.2 Å². The summed E-state index contributed by atoms with van der Waals surface area (Å²) in [5.74, 6) is -0.283. The van der Waals surface area contributed by atoms with Gasteiger partial charge in [-0.25, -0.2) is 4.79 Å². The fourth-order valence-corrected chi connectivity index (χ4v) is 1.70. The number of amides is 2. The molecule has 0 saturated carbocycles. The maximum absolute atomic E-state index is 11.6. The van der Waals surface area contributed by atoms with Crippen molar-refractivity contribution in [2.75, 3.05) is 7.11 Å². The quantitative estimate of drug-likeness (QED) is 0.463. The van der Waals surface area contributed by atoms with Gasteiger partial charge >= 0.3 is 6.09 Å². The Bertz CT molecular complexity index is 504. The summed E-state index contributed by atoms with van der Waals surface area (Å²) in [5, 5.41) is 8.59. The van der Waals surface area contributed by atoms with E-state index in [0.29, 0.717) is 0 Å². The Kier molecular flexibility index (Phi) is 4.54. The molecule has 0 radical (unpaired) electrons. The van der Waals surface area contributed by atoms with Gasteiger partial charge in [0.1, 0.15) is 19.8 Å². The Morgan fingerprint density at radius 1 is 1.45 bits per heavy atom. The van der Waals surface area contributed by atoms with E-state index >= 15 is 0 Å². The molecular weight excluding hydrogens is 262 g/mol. The largest absolute Gasteiger partial charge is 0.445 e. The Balaban J connectivity index is 1.79. The van der Waals surface area contributed by atoms with Crippen molar-refractivity contribution in [2.45, 2.75) is 18.7 Å². The van der Waals surface area contributed by atoms with Crippen molar-refractivity contribution in [3.63, 3.8) is 0 Å². The molecule has 1 heterocycles. The predicted molar refractivity (Wildman–Crippen MR) is 71.0 cm³/mol. The molecule has 1 aliphatic rings. The molecule has 0 unspecified atom stereocenters. The molecule has 1 aliphatic heterocycles. The van der Waals surface area contributed by atoms with Gasteiger partial charge in [-0.2, -0.15) is 0 Å². The Hall–Kier alpha value is -2.57. The number of benzene rings is 1. The van der Waals surface area contributed by atoms with E-state index in [0.717, 1.165) is 5.56 Å². The summed E-state index contributed by atoms with van der Waals surface area (Å²) in [6.07, 6.45) is 0.758. The highest BCUT2D eigenvalue weighted by molar-refractivity contribution is 5.98. The number of hydrogen-bond donors (Lipinski definition) is 2. The molecule has 0 spiro atoms. The number of carbonyl (C=O) groups excluding carboxylic acids is 2. The number of nitrogens with zero attached hydrogens (tertiary/aromatic N) is 1. The van der Waals surface area contributed by atoms with E-state index in [-0.39, 0.29) is 18.6 Å². The molecule has 7 heteroatoms. The van der Waals surface area contributed by atoms with Crippen molar-refractivity contribution in [2.24, 2.45) is 5.16 Å². The number of ether oxygens (including phenoxy) is 1. The van der Waals surface area contributed by atoms with Gasteiger partial charge in [-0.15, -0.1) is 0 Å². The summed E-state index contributed by atoms with van der Waals surface area (Å²) < 4.78 is 5.03. The summed E-state index contributed by atoms with van der Waals surface area (Å²) in [7, 11) is 1.40. The van der Waals surface area contributed by atoms with Gasteiger partial charge in [0, 0.05) is 0 Å². The molecule has 2 rings (SSSR count). The maximum Gasteiger partial charge on any atom is 0.408 e. The molecule has 1 aromatic carbocycles. The van der Waals surface area contributed by atoms with Gasteiger partial charge in [0.05, 0.1) is 12.3 Å². The van der Waals surface area contributed by atoms with Crippen LogP contribution in [0.2, 0.25) is 0 Å². The third-order valence-corrected chi connectivity index (χ3v) is 2.76. The molecule has 1 saturated heterocycles. The molecule has 2 amide bonds.